The second-order valence-electron chi connectivity index (χ2n) is 3.87. The first-order valence-electron chi connectivity index (χ1n) is 5.32. The normalized spacial score (nSPS) is 13.9. The molecule has 3 heteroatoms. The minimum atomic E-state index is 0.994. The maximum atomic E-state index is 4.30. The van der Waals surface area contributed by atoms with Crippen LogP contribution in [0.5, 0.6) is 0 Å². The lowest BCUT2D eigenvalue weighted by Crippen LogP contribution is -1.93. The van der Waals surface area contributed by atoms with E-state index in [0.717, 1.165) is 24.3 Å². The van der Waals surface area contributed by atoms with Gasteiger partial charge >= 0.3 is 0 Å². The summed E-state index contributed by atoms with van der Waals surface area (Å²) in [6.45, 7) is 0. The van der Waals surface area contributed by atoms with Gasteiger partial charge in [0.1, 0.15) is 0 Å². The van der Waals surface area contributed by atoms with E-state index in [1.807, 2.05) is 18.2 Å². The van der Waals surface area contributed by atoms with E-state index in [4.69, 9.17) is 0 Å². The molecule has 76 valence electrons. The molecule has 0 saturated carbocycles. The van der Waals surface area contributed by atoms with Gasteiger partial charge in [0.15, 0.2) is 5.82 Å². The van der Waals surface area contributed by atoms with Crippen LogP contribution >= 0.6 is 0 Å². The van der Waals surface area contributed by atoms with Gasteiger partial charge in [0, 0.05) is 16.9 Å². The quantitative estimate of drug-likeness (QED) is 0.780. The molecule has 0 spiro atoms. The first kappa shape index (κ1) is 8.53. The molecule has 2 N–H and O–H groups in total. The molecule has 0 bridgehead atoms. The highest BCUT2D eigenvalue weighted by Crippen LogP contribution is 2.28. The van der Waals surface area contributed by atoms with Gasteiger partial charge < -0.3 is 5.32 Å². The lowest BCUT2D eigenvalue weighted by atomic mass is 10.2. The number of aromatic nitrogens is 2. The van der Waals surface area contributed by atoms with Crippen molar-refractivity contribution in [3.05, 3.63) is 41.6 Å². The topological polar surface area (TPSA) is 40.7 Å². The number of aryl methyl sites for hydroxylation is 1. The number of aromatic amines is 1. The fraction of sp³-hybridized carbons (Fsp3) is 0.250. The molecule has 1 aliphatic rings. The van der Waals surface area contributed by atoms with E-state index in [2.05, 4.69) is 27.6 Å². The van der Waals surface area contributed by atoms with E-state index in [1.54, 1.807) is 0 Å². The molecule has 1 aromatic heterocycles. The Labute approximate surface area is 88.5 Å². The van der Waals surface area contributed by atoms with Crippen LogP contribution in [0.15, 0.2) is 30.3 Å². The molecule has 1 aromatic carbocycles. The Morgan fingerprint density at radius 2 is 2.00 bits per heavy atom. The molecule has 0 radical (unpaired) electrons. The number of hydrogen-bond acceptors (Lipinski definition) is 2. The summed E-state index contributed by atoms with van der Waals surface area (Å²) < 4.78 is 0. The highest BCUT2D eigenvalue weighted by atomic mass is 15.2. The number of hydrogen-bond donors (Lipinski definition) is 2. The van der Waals surface area contributed by atoms with E-state index in [-0.39, 0.29) is 0 Å². The van der Waals surface area contributed by atoms with Crippen LogP contribution in [-0.4, -0.2) is 10.2 Å². The maximum Gasteiger partial charge on any atom is 0.155 e. The van der Waals surface area contributed by atoms with Crippen LogP contribution in [0.1, 0.15) is 17.7 Å². The third-order valence-corrected chi connectivity index (χ3v) is 2.84. The molecular formula is C12H13N3. The Morgan fingerprint density at radius 3 is 2.87 bits per heavy atom. The molecule has 0 amide bonds. The zero-order chi connectivity index (χ0) is 10.1. The minimum absolute atomic E-state index is 0.994. The molecular weight excluding hydrogens is 186 g/mol. The van der Waals surface area contributed by atoms with Crippen LogP contribution in [-0.2, 0) is 12.8 Å². The van der Waals surface area contributed by atoms with Gasteiger partial charge in [-0.25, -0.2) is 0 Å². The second-order valence-corrected chi connectivity index (χ2v) is 3.87. The Morgan fingerprint density at radius 1 is 1.13 bits per heavy atom. The lowest BCUT2D eigenvalue weighted by Gasteiger charge is -2.03. The van der Waals surface area contributed by atoms with Crippen molar-refractivity contribution in [1.82, 2.24) is 10.2 Å². The number of nitrogens with one attached hydrogen (secondary N) is 2. The largest absolute Gasteiger partial charge is 0.339 e. The van der Waals surface area contributed by atoms with Crippen molar-refractivity contribution in [3.8, 4) is 0 Å². The van der Waals surface area contributed by atoms with E-state index in [1.165, 1.54) is 17.7 Å². The first-order valence-corrected chi connectivity index (χ1v) is 5.32. The summed E-state index contributed by atoms with van der Waals surface area (Å²) in [5.74, 6) is 0.994. The van der Waals surface area contributed by atoms with Gasteiger partial charge in [-0.1, -0.05) is 18.2 Å². The minimum Gasteiger partial charge on any atom is -0.339 e. The summed E-state index contributed by atoms with van der Waals surface area (Å²) in [5, 5.41) is 10.7. The number of fused-ring (bicyclic) bond motifs is 1. The van der Waals surface area contributed by atoms with Crippen LogP contribution in [0.2, 0.25) is 0 Å². The van der Waals surface area contributed by atoms with Gasteiger partial charge in [-0.3, -0.25) is 5.10 Å². The fourth-order valence-corrected chi connectivity index (χ4v) is 2.08. The SMILES string of the molecule is c1ccc(Nc2n[nH]c3c2CCC3)cc1. The van der Waals surface area contributed by atoms with Crippen molar-refractivity contribution in [3.63, 3.8) is 0 Å². The highest BCUT2D eigenvalue weighted by molar-refractivity contribution is 5.60. The Balaban J connectivity index is 1.89. The van der Waals surface area contributed by atoms with Crippen LogP contribution < -0.4 is 5.32 Å². The fourth-order valence-electron chi connectivity index (χ4n) is 2.08. The van der Waals surface area contributed by atoms with Gasteiger partial charge in [-0.2, -0.15) is 5.10 Å². The lowest BCUT2D eigenvalue weighted by molar-refractivity contribution is 0.867. The Hall–Kier alpha value is -1.77. The van der Waals surface area contributed by atoms with Crippen LogP contribution in [0.25, 0.3) is 0 Å². The summed E-state index contributed by atoms with van der Waals surface area (Å²) in [5.41, 5.74) is 3.76. The van der Waals surface area contributed by atoms with E-state index in [9.17, 15) is 0 Å². The molecule has 0 unspecified atom stereocenters. The number of para-hydroxylation sites is 1. The van der Waals surface area contributed by atoms with Crippen molar-refractivity contribution >= 4 is 11.5 Å². The maximum absolute atomic E-state index is 4.30. The number of rotatable bonds is 2. The predicted octanol–water partition coefficient (Wildman–Crippen LogP) is 2.64. The van der Waals surface area contributed by atoms with Gasteiger partial charge in [-0.15, -0.1) is 0 Å². The monoisotopic (exact) mass is 199 g/mol. The third-order valence-electron chi connectivity index (χ3n) is 2.84. The van der Waals surface area contributed by atoms with E-state index < -0.39 is 0 Å². The van der Waals surface area contributed by atoms with Crippen LogP contribution in [0.4, 0.5) is 11.5 Å². The molecule has 2 aromatic rings. The average Bonchev–Trinajstić information content (AvgIpc) is 2.85. The molecule has 3 nitrogen and oxygen atoms in total. The number of benzene rings is 1. The standard InChI is InChI=1S/C12H13N3/c1-2-5-9(6-3-1)13-12-10-7-4-8-11(10)14-15-12/h1-3,5-6H,4,7-8H2,(H2,13,14,15). The van der Waals surface area contributed by atoms with Gasteiger partial charge in [0.05, 0.1) is 0 Å². The van der Waals surface area contributed by atoms with Crippen LogP contribution in [0.3, 0.4) is 0 Å². The summed E-state index contributed by atoms with van der Waals surface area (Å²) in [4.78, 5) is 0. The number of anilines is 2. The summed E-state index contributed by atoms with van der Waals surface area (Å²) >= 11 is 0. The molecule has 0 atom stereocenters. The summed E-state index contributed by atoms with van der Waals surface area (Å²) in [6.07, 6.45) is 3.52. The smallest absolute Gasteiger partial charge is 0.155 e. The molecule has 0 aliphatic heterocycles. The van der Waals surface area contributed by atoms with Gasteiger partial charge in [-0.05, 0) is 31.4 Å². The third kappa shape index (κ3) is 1.50. The van der Waals surface area contributed by atoms with Crippen molar-refractivity contribution in [1.29, 1.82) is 0 Å². The Bertz CT molecular complexity index is 459. The van der Waals surface area contributed by atoms with Crippen LogP contribution in [0, 0.1) is 0 Å². The van der Waals surface area contributed by atoms with Gasteiger partial charge in [0.25, 0.3) is 0 Å². The summed E-state index contributed by atoms with van der Waals surface area (Å²) in [7, 11) is 0. The molecule has 1 heterocycles. The zero-order valence-electron chi connectivity index (χ0n) is 8.46. The molecule has 0 saturated heterocycles. The first-order chi connectivity index (χ1) is 7.43. The predicted molar refractivity (Wildman–Crippen MR) is 60.3 cm³/mol. The molecule has 15 heavy (non-hydrogen) atoms. The Kier molecular flexibility index (Phi) is 1.95. The number of H-pyrrole nitrogens is 1. The zero-order valence-corrected chi connectivity index (χ0v) is 8.46. The van der Waals surface area contributed by atoms with E-state index >= 15 is 0 Å². The number of nitrogens with zero attached hydrogens (tertiary/aromatic N) is 1. The second kappa shape index (κ2) is 3.42. The molecule has 3 rings (SSSR count). The van der Waals surface area contributed by atoms with Crippen molar-refractivity contribution < 1.29 is 0 Å². The van der Waals surface area contributed by atoms with Crippen molar-refractivity contribution in [2.45, 2.75) is 19.3 Å². The van der Waals surface area contributed by atoms with Gasteiger partial charge in [0.2, 0.25) is 0 Å². The molecule has 0 fully saturated rings. The summed E-state index contributed by atoms with van der Waals surface area (Å²) in [6, 6.07) is 10.2. The average molecular weight is 199 g/mol. The van der Waals surface area contributed by atoms with E-state index in [0.29, 0.717) is 0 Å². The molecule has 1 aliphatic carbocycles. The van der Waals surface area contributed by atoms with Crippen molar-refractivity contribution in [2.24, 2.45) is 0 Å². The highest BCUT2D eigenvalue weighted by Gasteiger charge is 2.17. The van der Waals surface area contributed by atoms with Crippen molar-refractivity contribution in [2.75, 3.05) is 5.32 Å².